The van der Waals surface area contributed by atoms with E-state index in [9.17, 15) is 4.79 Å². The molecule has 0 atom stereocenters. The molecule has 0 saturated carbocycles. The van der Waals surface area contributed by atoms with Gasteiger partial charge in [-0.2, -0.15) is 0 Å². The highest BCUT2D eigenvalue weighted by Crippen LogP contribution is 2.16. The minimum atomic E-state index is -0.870. The lowest BCUT2D eigenvalue weighted by Gasteiger charge is -2.04. The molecule has 5 nitrogen and oxygen atoms in total. The standard InChI is InChI=1S/C13H15N3O2S/c1-8-3-4-9(2)10(5-8)6-11-14-13(16-15-11)19-7-12(17)18/h3-5H,6-7H2,1-2H3,(H,17,18)(H,14,15,16). The third-order valence-electron chi connectivity index (χ3n) is 2.70. The Morgan fingerprint density at radius 2 is 2.21 bits per heavy atom. The molecule has 2 rings (SSSR count). The predicted octanol–water partition coefficient (Wildman–Crippen LogP) is 2.19. The Morgan fingerprint density at radius 3 is 2.95 bits per heavy atom. The van der Waals surface area contributed by atoms with Gasteiger partial charge in [-0.3, -0.25) is 9.89 Å². The Hall–Kier alpha value is -1.82. The lowest BCUT2D eigenvalue weighted by molar-refractivity contribution is -0.133. The number of aliphatic carboxylic acids is 1. The third kappa shape index (κ3) is 3.82. The molecule has 0 aliphatic heterocycles. The van der Waals surface area contributed by atoms with Crippen LogP contribution in [0.5, 0.6) is 0 Å². The Labute approximate surface area is 115 Å². The molecular weight excluding hydrogens is 262 g/mol. The SMILES string of the molecule is Cc1ccc(C)c(Cc2nc(SCC(=O)O)n[nH]2)c1. The molecule has 2 N–H and O–H groups in total. The van der Waals surface area contributed by atoms with Crippen LogP contribution in [-0.4, -0.2) is 32.0 Å². The highest BCUT2D eigenvalue weighted by Gasteiger charge is 2.08. The molecule has 0 spiro atoms. The lowest BCUT2D eigenvalue weighted by atomic mass is 10.0. The van der Waals surface area contributed by atoms with Crippen LogP contribution >= 0.6 is 11.8 Å². The van der Waals surface area contributed by atoms with Gasteiger partial charge in [-0.15, -0.1) is 5.10 Å². The summed E-state index contributed by atoms with van der Waals surface area (Å²) in [4.78, 5) is 14.7. The number of nitrogens with one attached hydrogen (secondary N) is 1. The topological polar surface area (TPSA) is 78.9 Å². The quantitative estimate of drug-likeness (QED) is 0.819. The summed E-state index contributed by atoms with van der Waals surface area (Å²) >= 11 is 1.11. The van der Waals surface area contributed by atoms with Crippen molar-refractivity contribution in [3.05, 3.63) is 40.7 Å². The number of hydrogen-bond donors (Lipinski definition) is 2. The number of aryl methyl sites for hydroxylation is 2. The van der Waals surface area contributed by atoms with Crippen molar-refractivity contribution in [1.29, 1.82) is 0 Å². The number of aromatic nitrogens is 3. The molecule has 0 fully saturated rings. The van der Waals surface area contributed by atoms with Gasteiger partial charge in [0.05, 0.1) is 5.75 Å². The van der Waals surface area contributed by atoms with Crippen molar-refractivity contribution in [2.75, 3.05) is 5.75 Å². The number of H-pyrrole nitrogens is 1. The molecule has 100 valence electrons. The van der Waals surface area contributed by atoms with E-state index < -0.39 is 5.97 Å². The van der Waals surface area contributed by atoms with E-state index in [0.717, 1.165) is 17.6 Å². The maximum atomic E-state index is 10.5. The molecule has 0 unspecified atom stereocenters. The van der Waals surface area contributed by atoms with E-state index in [4.69, 9.17) is 5.11 Å². The van der Waals surface area contributed by atoms with Gasteiger partial charge in [-0.05, 0) is 25.0 Å². The molecule has 2 aromatic rings. The highest BCUT2D eigenvalue weighted by atomic mass is 32.2. The van der Waals surface area contributed by atoms with E-state index in [1.807, 2.05) is 0 Å². The number of nitrogens with zero attached hydrogens (tertiary/aromatic N) is 2. The molecule has 0 radical (unpaired) electrons. The molecule has 1 heterocycles. The summed E-state index contributed by atoms with van der Waals surface area (Å²) in [5, 5.41) is 15.9. The summed E-state index contributed by atoms with van der Waals surface area (Å²) in [5.74, 6) is -0.145. The summed E-state index contributed by atoms with van der Waals surface area (Å²) in [6.07, 6.45) is 0.675. The van der Waals surface area contributed by atoms with Crippen molar-refractivity contribution in [2.24, 2.45) is 0 Å². The molecule has 0 aliphatic rings. The average molecular weight is 277 g/mol. The van der Waals surface area contributed by atoms with Crippen LogP contribution in [0.2, 0.25) is 0 Å². The second-order valence-electron chi connectivity index (χ2n) is 4.35. The predicted molar refractivity (Wildman–Crippen MR) is 73.5 cm³/mol. The maximum absolute atomic E-state index is 10.5. The number of carbonyl (C=O) groups is 1. The maximum Gasteiger partial charge on any atom is 0.313 e. The molecule has 0 bridgehead atoms. The van der Waals surface area contributed by atoms with Gasteiger partial charge in [-0.25, -0.2) is 4.98 Å². The van der Waals surface area contributed by atoms with Crippen LogP contribution in [0.25, 0.3) is 0 Å². The van der Waals surface area contributed by atoms with E-state index in [1.165, 1.54) is 16.7 Å². The van der Waals surface area contributed by atoms with E-state index in [-0.39, 0.29) is 5.75 Å². The zero-order valence-corrected chi connectivity index (χ0v) is 11.6. The van der Waals surface area contributed by atoms with Crippen LogP contribution in [0.4, 0.5) is 0 Å². The Balaban J connectivity index is 2.07. The molecular formula is C13H15N3O2S. The number of hydrogen-bond acceptors (Lipinski definition) is 4. The van der Waals surface area contributed by atoms with Crippen molar-refractivity contribution >= 4 is 17.7 Å². The van der Waals surface area contributed by atoms with E-state index in [0.29, 0.717) is 11.6 Å². The van der Waals surface area contributed by atoms with Gasteiger partial charge in [-0.1, -0.05) is 35.5 Å². The van der Waals surface area contributed by atoms with Crippen LogP contribution in [-0.2, 0) is 11.2 Å². The number of thioether (sulfide) groups is 1. The molecule has 6 heteroatoms. The van der Waals surface area contributed by atoms with Gasteiger partial charge in [0.1, 0.15) is 5.82 Å². The van der Waals surface area contributed by atoms with E-state index >= 15 is 0 Å². The Morgan fingerprint density at radius 1 is 1.42 bits per heavy atom. The fraction of sp³-hybridized carbons (Fsp3) is 0.308. The van der Waals surface area contributed by atoms with Crippen molar-refractivity contribution in [1.82, 2.24) is 15.2 Å². The summed E-state index contributed by atoms with van der Waals surface area (Å²) < 4.78 is 0. The molecule has 0 saturated heterocycles. The van der Waals surface area contributed by atoms with Crippen molar-refractivity contribution in [3.63, 3.8) is 0 Å². The number of carboxylic acids is 1. The first-order chi connectivity index (χ1) is 9.04. The molecule has 0 amide bonds. The Bertz CT molecular complexity index is 595. The fourth-order valence-electron chi connectivity index (χ4n) is 1.72. The summed E-state index contributed by atoms with van der Waals surface area (Å²) in [7, 11) is 0. The zero-order valence-electron chi connectivity index (χ0n) is 10.8. The monoisotopic (exact) mass is 277 g/mol. The number of rotatable bonds is 5. The number of benzene rings is 1. The van der Waals surface area contributed by atoms with Gasteiger partial charge in [0.15, 0.2) is 0 Å². The van der Waals surface area contributed by atoms with Gasteiger partial charge in [0.2, 0.25) is 5.16 Å². The first-order valence-electron chi connectivity index (χ1n) is 5.86. The van der Waals surface area contributed by atoms with Gasteiger partial charge in [0, 0.05) is 6.42 Å². The van der Waals surface area contributed by atoms with Gasteiger partial charge in [0.25, 0.3) is 0 Å². The lowest BCUT2D eigenvalue weighted by Crippen LogP contribution is -1.98. The second-order valence-corrected chi connectivity index (χ2v) is 5.30. The summed E-state index contributed by atoms with van der Waals surface area (Å²) in [6.45, 7) is 4.11. The minimum absolute atomic E-state index is 0.0270. The highest BCUT2D eigenvalue weighted by molar-refractivity contribution is 7.99. The normalized spacial score (nSPS) is 10.6. The van der Waals surface area contributed by atoms with Crippen LogP contribution in [0.3, 0.4) is 0 Å². The molecule has 0 aliphatic carbocycles. The Kier molecular flexibility index (Phi) is 4.21. The van der Waals surface area contributed by atoms with Crippen LogP contribution < -0.4 is 0 Å². The van der Waals surface area contributed by atoms with Gasteiger partial charge >= 0.3 is 5.97 Å². The fourth-order valence-corrected chi connectivity index (χ4v) is 2.26. The third-order valence-corrected chi connectivity index (χ3v) is 3.53. The van der Waals surface area contributed by atoms with Crippen LogP contribution in [0.15, 0.2) is 23.4 Å². The summed E-state index contributed by atoms with van der Waals surface area (Å²) in [6, 6.07) is 6.29. The van der Waals surface area contributed by atoms with Crippen molar-refractivity contribution < 1.29 is 9.90 Å². The zero-order chi connectivity index (χ0) is 13.8. The van der Waals surface area contributed by atoms with Crippen LogP contribution in [0.1, 0.15) is 22.5 Å². The largest absolute Gasteiger partial charge is 0.481 e. The number of aromatic amines is 1. The first-order valence-corrected chi connectivity index (χ1v) is 6.85. The van der Waals surface area contributed by atoms with Crippen molar-refractivity contribution in [2.45, 2.75) is 25.4 Å². The summed E-state index contributed by atoms with van der Waals surface area (Å²) in [5.41, 5.74) is 3.62. The minimum Gasteiger partial charge on any atom is -0.481 e. The van der Waals surface area contributed by atoms with Gasteiger partial charge < -0.3 is 5.11 Å². The second kappa shape index (κ2) is 5.88. The average Bonchev–Trinajstić information content (AvgIpc) is 2.79. The smallest absolute Gasteiger partial charge is 0.313 e. The van der Waals surface area contributed by atoms with Crippen LogP contribution in [0, 0.1) is 13.8 Å². The van der Waals surface area contributed by atoms with Crippen molar-refractivity contribution in [3.8, 4) is 0 Å². The number of carboxylic acid groups (broad SMARTS) is 1. The first kappa shape index (κ1) is 13.6. The molecule has 19 heavy (non-hydrogen) atoms. The van der Waals surface area contributed by atoms with E-state index in [2.05, 4.69) is 47.2 Å². The molecule has 1 aromatic heterocycles. The molecule has 1 aromatic carbocycles. The van der Waals surface area contributed by atoms with E-state index in [1.54, 1.807) is 0 Å².